The molecule has 0 atom stereocenters. The van der Waals surface area contributed by atoms with Crippen LogP contribution >= 0.6 is 0 Å². The van der Waals surface area contributed by atoms with Crippen LogP contribution in [0.2, 0.25) is 0 Å². The first-order valence-electron chi connectivity index (χ1n) is 13.7. The van der Waals surface area contributed by atoms with Gasteiger partial charge >= 0.3 is 284 Å². The molecule has 48 heavy (non-hydrogen) atoms. The fourth-order valence-corrected chi connectivity index (χ4v) is 7.45. The Morgan fingerprint density at radius 3 is 1.15 bits per heavy atom. The normalized spacial score (nSPS) is 11.1. The molecule has 0 N–H and O–H groups in total. The molecule has 6 nitrogen and oxygen atoms in total. The summed E-state index contributed by atoms with van der Waals surface area (Å²) in [6.45, 7) is 3.44. The van der Waals surface area contributed by atoms with E-state index in [9.17, 15) is 0 Å². The number of hydrogen-bond acceptors (Lipinski definition) is 6. The molecule has 0 aliphatic heterocycles. The van der Waals surface area contributed by atoms with Gasteiger partial charge in [-0.05, 0) is 0 Å². The van der Waals surface area contributed by atoms with Crippen LogP contribution in [-0.4, -0.2) is 46.2 Å². The Kier molecular flexibility index (Phi) is 9.51. The van der Waals surface area contributed by atoms with Crippen molar-refractivity contribution in [1.29, 1.82) is 0 Å². The van der Waals surface area contributed by atoms with Gasteiger partial charge in [0.25, 0.3) is 0 Å². The second-order valence-corrected chi connectivity index (χ2v) is 12.9. The fraction of sp³-hybridized carbons (Fsp3) is 0.0625. The van der Waals surface area contributed by atoms with E-state index in [1.807, 2.05) is 0 Å². The second-order valence-electron chi connectivity index (χ2n) is 10.1. The summed E-state index contributed by atoms with van der Waals surface area (Å²) >= 11 is -5.29. The van der Waals surface area contributed by atoms with Crippen LogP contribution in [0, 0.1) is 60.4 Å². The van der Waals surface area contributed by atoms with Crippen molar-refractivity contribution in [3.63, 3.8) is 0 Å². The monoisotopic (exact) mass is 782 g/mol. The van der Waals surface area contributed by atoms with Crippen LogP contribution in [0.1, 0.15) is 11.4 Å². The Morgan fingerprint density at radius 1 is 0.438 bits per heavy atom. The van der Waals surface area contributed by atoms with Gasteiger partial charge in [0.2, 0.25) is 0 Å². The third kappa shape index (κ3) is 6.15. The maximum absolute atomic E-state index is 15.1. The molecule has 2 radical (unpaired) electrons. The number of rotatable bonds is 9. The van der Waals surface area contributed by atoms with Crippen molar-refractivity contribution >= 4 is 58.1 Å². The van der Waals surface area contributed by atoms with Gasteiger partial charge in [-0.1, -0.05) is 0 Å². The van der Waals surface area contributed by atoms with E-state index in [1.54, 1.807) is 62.4 Å². The number of aromatic nitrogens is 2. The van der Waals surface area contributed by atoms with E-state index in [-0.39, 0.29) is 11.5 Å². The summed E-state index contributed by atoms with van der Waals surface area (Å²) < 4.78 is 141. The van der Waals surface area contributed by atoms with Crippen molar-refractivity contribution in [2.45, 2.75) is 13.8 Å². The summed E-state index contributed by atoms with van der Waals surface area (Å²) in [6.07, 6.45) is 0. The SMILES string of the molecule is Cc1ccc2cccc([O][Ga][O]c3c(F)c(F)c(-c4c(F)c(F)c([O][Ga][O]c5cccc6ccc(C)nc56)c(F)c4F)c(F)c3F)c2n1. The molecule has 0 aliphatic rings. The van der Waals surface area contributed by atoms with E-state index < -0.39 is 105 Å². The number of aryl methyl sites for hydroxylation is 2. The van der Waals surface area contributed by atoms with Gasteiger partial charge in [-0.3, -0.25) is 0 Å². The van der Waals surface area contributed by atoms with Crippen molar-refractivity contribution in [2.75, 3.05) is 0 Å². The predicted molar refractivity (Wildman–Crippen MR) is 159 cm³/mol. The van der Waals surface area contributed by atoms with E-state index in [1.165, 1.54) is 12.1 Å². The molecule has 0 unspecified atom stereocenters. The number of hydrogen-bond donors (Lipinski definition) is 0. The topological polar surface area (TPSA) is 62.7 Å². The van der Waals surface area contributed by atoms with Crippen LogP contribution in [0.4, 0.5) is 35.1 Å². The Bertz CT molecular complexity index is 2030. The van der Waals surface area contributed by atoms with Crippen molar-refractivity contribution in [1.82, 2.24) is 9.97 Å². The van der Waals surface area contributed by atoms with E-state index in [2.05, 4.69) is 9.97 Å². The zero-order valence-electron chi connectivity index (χ0n) is 24.5. The van der Waals surface area contributed by atoms with Gasteiger partial charge in [-0.15, -0.1) is 0 Å². The molecule has 0 saturated carbocycles. The summed E-state index contributed by atoms with van der Waals surface area (Å²) in [7, 11) is 0. The molecular formula is C32H16F8Ga2N2O4. The number of fused-ring (bicyclic) bond motifs is 2. The Hall–Kier alpha value is -4.39. The Labute approximate surface area is 282 Å². The van der Waals surface area contributed by atoms with Crippen molar-refractivity contribution in [3.8, 4) is 34.1 Å². The van der Waals surface area contributed by atoms with Gasteiger partial charge in [-0.25, -0.2) is 0 Å². The number of para-hydroxylation sites is 2. The molecule has 0 saturated heterocycles. The molecule has 0 amide bonds. The van der Waals surface area contributed by atoms with Crippen molar-refractivity contribution in [3.05, 3.63) is 119 Å². The first kappa shape index (κ1) is 33.5. The molecule has 2 heterocycles. The van der Waals surface area contributed by atoms with Crippen molar-refractivity contribution in [2.24, 2.45) is 0 Å². The van der Waals surface area contributed by atoms with Gasteiger partial charge in [0.15, 0.2) is 0 Å². The molecule has 0 spiro atoms. The summed E-state index contributed by atoms with van der Waals surface area (Å²) in [4.78, 5) is 8.64. The van der Waals surface area contributed by atoms with Gasteiger partial charge in [0, 0.05) is 0 Å². The zero-order chi connectivity index (χ0) is 34.3. The summed E-state index contributed by atoms with van der Waals surface area (Å²) in [5.74, 6) is -21.1. The van der Waals surface area contributed by atoms with E-state index in [4.69, 9.17) is 14.1 Å². The third-order valence-electron chi connectivity index (χ3n) is 7.02. The van der Waals surface area contributed by atoms with E-state index in [0.29, 0.717) is 33.2 Å². The molecule has 0 aliphatic carbocycles. The van der Waals surface area contributed by atoms with Gasteiger partial charge < -0.3 is 0 Å². The summed E-state index contributed by atoms with van der Waals surface area (Å²) in [6, 6.07) is 16.6. The quantitative estimate of drug-likeness (QED) is 0.0839. The van der Waals surface area contributed by atoms with Gasteiger partial charge in [-0.2, -0.15) is 0 Å². The summed E-state index contributed by atoms with van der Waals surface area (Å²) in [5.41, 5.74) is -2.02. The number of benzene rings is 4. The molecule has 6 rings (SSSR count). The third-order valence-corrected chi connectivity index (χ3v) is 9.89. The number of pyridine rings is 2. The molecule has 16 heteroatoms. The number of nitrogens with zero attached hydrogens (tertiary/aromatic N) is 2. The van der Waals surface area contributed by atoms with Crippen LogP contribution < -0.4 is 14.1 Å². The predicted octanol–water partition coefficient (Wildman–Crippen LogP) is 8.16. The average Bonchev–Trinajstić information content (AvgIpc) is 3.07. The Balaban J connectivity index is 1.26. The molecule has 6 aromatic rings. The van der Waals surface area contributed by atoms with Gasteiger partial charge in [0.1, 0.15) is 0 Å². The molecule has 240 valence electrons. The average molecular weight is 784 g/mol. The minimum absolute atomic E-state index is 0.171. The molecule has 2 aromatic heterocycles. The molecule has 0 bridgehead atoms. The van der Waals surface area contributed by atoms with Crippen LogP contribution in [0.15, 0.2) is 60.7 Å². The van der Waals surface area contributed by atoms with Crippen LogP contribution in [0.25, 0.3) is 32.9 Å². The van der Waals surface area contributed by atoms with E-state index >= 15 is 35.1 Å². The second kappa shape index (κ2) is 13.6. The van der Waals surface area contributed by atoms with Crippen LogP contribution in [0.5, 0.6) is 23.0 Å². The van der Waals surface area contributed by atoms with E-state index in [0.717, 1.165) is 0 Å². The van der Waals surface area contributed by atoms with Crippen LogP contribution in [0.3, 0.4) is 0 Å². The molecule has 4 aromatic carbocycles. The first-order chi connectivity index (χ1) is 23.0. The number of halogens is 8. The van der Waals surface area contributed by atoms with Crippen LogP contribution in [-0.2, 0) is 0 Å². The van der Waals surface area contributed by atoms with Gasteiger partial charge in [0.05, 0.1) is 0 Å². The first-order valence-corrected chi connectivity index (χ1v) is 17.7. The molecule has 0 fully saturated rings. The maximum atomic E-state index is 15.1. The standard InChI is InChI=1S/C12H2F8O2.2C10H9NO.2Ga/c13-3-1(4(14)8(18)11(21)7(3)17)2-5(15)9(19)12(22)10(20)6(2)16;2*1-7-5-6-8-3-2-4-9(12)10(8)11-7;;/h21-22H;2*2-6,12H,1H3;;/q;;;2*+2/p-4. The zero-order valence-corrected chi connectivity index (χ0v) is 29.3. The summed E-state index contributed by atoms with van der Waals surface area (Å²) in [5, 5.41) is 1.34. The van der Waals surface area contributed by atoms with Crippen molar-refractivity contribution < 1.29 is 49.2 Å². The fourth-order valence-electron chi connectivity index (χ4n) is 4.74. The molecular weight excluding hydrogens is 768 g/mol. The Morgan fingerprint density at radius 2 is 0.792 bits per heavy atom. The minimum atomic E-state index is -2.65.